The third-order valence-electron chi connectivity index (χ3n) is 3.13. The maximum atomic E-state index is 6.06. The average Bonchev–Trinajstić information content (AvgIpc) is 2.72. The van der Waals surface area contributed by atoms with Crippen LogP contribution >= 0.6 is 24.0 Å². The summed E-state index contributed by atoms with van der Waals surface area (Å²) in [6, 6.07) is 6.34. The number of ether oxygens (including phenoxy) is 1. The van der Waals surface area contributed by atoms with Gasteiger partial charge >= 0.3 is 0 Å². The van der Waals surface area contributed by atoms with Gasteiger partial charge in [-0.2, -0.15) is 0 Å². The van der Waals surface area contributed by atoms with E-state index in [1.54, 1.807) is 0 Å². The van der Waals surface area contributed by atoms with Gasteiger partial charge < -0.3 is 15.0 Å². The zero-order chi connectivity index (χ0) is 14.8. The van der Waals surface area contributed by atoms with E-state index >= 15 is 0 Å². The predicted molar refractivity (Wildman–Crippen MR) is 98.7 cm³/mol. The van der Waals surface area contributed by atoms with Crippen LogP contribution < -0.4 is 10.1 Å². The summed E-state index contributed by atoms with van der Waals surface area (Å²) in [7, 11) is 2.06. The van der Waals surface area contributed by atoms with Crippen molar-refractivity contribution in [2.24, 2.45) is 4.99 Å². The van der Waals surface area contributed by atoms with Crippen LogP contribution in [0.1, 0.15) is 31.9 Å². The molecule has 1 aromatic carbocycles. The Hall–Kier alpha value is -0.980. The summed E-state index contributed by atoms with van der Waals surface area (Å²) in [5, 5.41) is 3.39. The van der Waals surface area contributed by atoms with Crippen LogP contribution in [-0.4, -0.2) is 36.6 Å². The van der Waals surface area contributed by atoms with Gasteiger partial charge in [0.25, 0.3) is 0 Å². The maximum Gasteiger partial charge on any atom is 0.194 e. The van der Waals surface area contributed by atoms with Crippen molar-refractivity contribution in [3.05, 3.63) is 29.3 Å². The number of rotatable bonds is 3. The van der Waals surface area contributed by atoms with E-state index in [4.69, 9.17) is 4.74 Å². The molecule has 0 aromatic heterocycles. The first-order valence-corrected chi connectivity index (χ1v) is 7.13. The van der Waals surface area contributed by atoms with Gasteiger partial charge in [-0.15, -0.1) is 24.0 Å². The molecule has 5 heteroatoms. The number of hydrogen-bond donors (Lipinski definition) is 1. The second-order valence-electron chi connectivity index (χ2n) is 6.31. The second-order valence-corrected chi connectivity index (χ2v) is 6.31. The van der Waals surface area contributed by atoms with Crippen molar-refractivity contribution >= 4 is 29.9 Å². The standard InChI is InChI=1S/C16H25N3O.HI/c1-12-6-7-13(14(10-12)20-16(2,3)4)11-18-15-17-8-9-19(15)5;/h6-7,10H,8-9,11H2,1-5H3,(H,17,18);1H. The number of nitrogens with one attached hydrogen (secondary N) is 1. The molecule has 0 bridgehead atoms. The average molecular weight is 403 g/mol. The van der Waals surface area contributed by atoms with Gasteiger partial charge in [-0.1, -0.05) is 12.1 Å². The molecule has 1 N–H and O–H groups in total. The third-order valence-corrected chi connectivity index (χ3v) is 3.13. The number of likely N-dealkylation sites (N-methyl/N-ethyl adjacent to an activating group) is 1. The molecule has 1 aliphatic heterocycles. The number of guanidine groups is 1. The van der Waals surface area contributed by atoms with Gasteiger partial charge in [0, 0.05) is 25.7 Å². The molecule has 4 nitrogen and oxygen atoms in total. The highest BCUT2D eigenvalue weighted by molar-refractivity contribution is 14.0. The summed E-state index contributed by atoms with van der Waals surface area (Å²) < 4.78 is 6.06. The molecular formula is C16H26IN3O. The minimum Gasteiger partial charge on any atom is -0.488 e. The molecule has 21 heavy (non-hydrogen) atoms. The normalized spacial score (nSPS) is 14.5. The molecule has 0 radical (unpaired) electrons. The quantitative estimate of drug-likeness (QED) is 0.788. The Morgan fingerprint density at radius 1 is 1.33 bits per heavy atom. The number of aliphatic imine (C=N–C) groups is 1. The van der Waals surface area contributed by atoms with Gasteiger partial charge in [0.15, 0.2) is 5.96 Å². The Balaban J connectivity index is 0.00000220. The first-order chi connectivity index (χ1) is 9.35. The Morgan fingerprint density at radius 3 is 2.62 bits per heavy atom. The van der Waals surface area contributed by atoms with Crippen LogP contribution in [0.3, 0.4) is 0 Å². The van der Waals surface area contributed by atoms with Crippen molar-refractivity contribution in [3.63, 3.8) is 0 Å². The number of halogens is 1. The van der Waals surface area contributed by atoms with E-state index in [2.05, 4.69) is 68.2 Å². The van der Waals surface area contributed by atoms with Crippen LogP contribution in [0.5, 0.6) is 5.75 Å². The predicted octanol–water partition coefficient (Wildman–Crippen LogP) is 3.18. The molecule has 0 amide bonds. The first kappa shape index (κ1) is 18.1. The summed E-state index contributed by atoms with van der Waals surface area (Å²) in [6.45, 7) is 10.9. The Bertz CT molecular complexity index is 509. The minimum absolute atomic E-state index is 0. The lowest BCUT2D eigenvalue weighted by Gasteiger charge is -2.24. The fourth-order valence-corrected chi connectivity index (χ4v) is 2.13. The topological polar surface area (TPSA) is 36.9 Å². The smallest absolute Gasteiger partial charge is 0.194 e. The van der Waals surface area contributed by atoms with E-state index in [-0.39, 0.29) is 29.6 Å². The summed E-state index contributed by atoms with van der Waals surface area (Å²) in [5.41, 5.74) is 2.18. The van der Waals surface area contributed by atoms with E-state index < -0.39 is 0 Å². The molecule has 1 heterocycles. The molecule has 0 atom stereocenters. The highest BCUT2D eigenvalue weighted by Crippen LogP contribution is 2.24. The lowest BCUT2D eigenvalue weighted by molar-refractivity contribution is 0.129. The maximum absolute atomic E-state index is 6.06. The monoisotopic (exact) mass is 403 g/mol. The summed E-state index contributed by atoms with van der Waals surface area (Å²) in [4.78, 5) is 6.58. The number of benzene rings is 1. The Morgan fingerprint density at radius 2 is 2.05 bits per heavy atom. The lowest BCUT2D eigenvalue weighted by Crippen LogP contribution is -2.35. The molecule has 0 aliphatic carbocycles. The van der Waals surface area contributed by atoms with Gasteiger partial charge in [0.2, 0.25) is 0 Å². The second kappa shape index (κ2) is 7.33. The zero-order valence-electron chi connectivity index (χ0n) is 13.6. The van der Waals surface area contributed by atoms with E-state index in [0.717, 1.165) is 36.9 Å². The fraction of sp³-hybridized carbons (Fsp3) is 0.562. The highest BCUT2D eigenvalue weighted by Gasteiger charge is 2.16. The third kappa shape index (κ3) is 5.37. The minimum atomic E-state index is -0.190. The molecule has 0 unspecified atom stereocenters. The molecule has 2 rings (SSSR count). The van der Waals surface area contributed by atoms with Crippen LogP contribution in [0.15, 0.2) is 23.2 Å². The lowest BCUT2D eigenvalue weighted by atomic mass is 10.1. The number of hydrogen-bond acceptors (Lipinski definition) is 4. The van der Waals surface area contributed by atoms with Crippen molar-refractivity contribution in [2.75, 3.05) is 20.1 Å². The van der Waals surface area contributed by atoms with Crippen molar-refractivity contribution in [1.29, 1.82) is 0 Å². The van der Waals surface area contributed by atoms with Gasteiger partial charge in [0.1, 0.15) is 11.4 Å². The molecule has 0 saturated carbocycles. The van der Waals surface area contributed by atoms with E-state index in [1.807, 2.05) is 0 Å². The molecule has 0 fully saturated rings. The largest absolute Gasteiger partial charge is 0.488 e. The fourth-order valence-electron chi connectivity index (χ4n) is 2.13. The highest BCUT2D eigenvalue weighted by atomic mass is 127. The number of nitrogens with zero attached hydrogens (tertiary/aromatic N) is 2. The summed E-state index contributed by atoms with van der Waals surface area (Å²) in [5.74, 6) is 1.92. The molecular weight excluding hydrogens is 377 g/mol. The summed E-state index contributed by atoms with van der Waals surface area (Å²) in [6.07, 6.45) is 0. The molecule has 1 aliphatic rings. The van der Waals surface area contributed by atoms with E-state index in [9.17, 15) is 0 Å². The van der Waals surface area contributed by atoms with Crippen molar-refractivity contribution < 1.29 is 4.74 Å². The molecule has 118 valence electrons. The van der Waals surface area contributed by atoms with Crippen molar-refractivity contribution in [3.8, 4) is 5.75 Å². The van der Waals surface area contributed by atoms with Crippen LogP contribution in [0.25, 0.3) is 0 Å². The van der Waals surface area contributed by atoms with Crippen LogP contribution in [0.4, 0.5) is 0 Å². The van der Waals surface area contributed by atoms with Crippen LogP contribution in [-0.2, 0) is 6.54 Å². The van der Waals surface area contributed by atoms with Crippen LogP contribution in [0.2, 0.25) is 0 Å². The van der Waals surface area contributed by atoms with Gasteiger partial charge in [-0.25, -0.2) is 0 Å². The molecule has 0 saturated heterocycles. The number of aryl methyl sites for hydroxylation is 1. The molecule has 0 spiro atoms. The van der Waals surface area contributed by atoms with E-state index in [0.29, 0.717) is 0 Å². The van der Waals surface area contributed by atoms with Gasteiger partial charge in [-0.05, 0) is 39.3 Å². The van der Waals surface area contributed by atoms with Crippen molar-refractivity contribution in [1.82, 2.24) is 10.2 Å². The van der Waals surface area contributed by atoms with Crippen molar-refractivity contribution in [2.45, 2.75) is 39.8 Å². The van der Waals surface area contributed by atoms with Gasteiger partial charge in [-0.3, -0.25) is 4.99 Å². The Kier molecular flexibility index (Phi) is 6.31. The first-order valence-electron chi connectivity index (χ1n) is 7.13. The van der Waals surface area contributed by atoms with Crippen LogP contribution in [0, 0.1) is 6.92 Å². The zero-order valence-corrected chi connectivity index (χ0v) is 15.9. The van der Waals surface area contributed by atoms with E-state index in [1.165, 1.54) is 5.56 Å². The SMILES string of the molecule is Cc1ccc(CNC2=NCCN2C)c(OC(C)(C)C)c1.I. The van der Waals surface area contributed by atoms with Gasteiger partial charge in [0.05, 0.1) is 6.54 Å². The molecule has 1 aromatic rings. The Labute approximate surface area is 145 Å². The summed E-state index contributed by atoms with van der Waals surface area (Å²) >= 11 is 0.